The minimum absolute atomic E-state index is 0.906. The van der Waals surface area contributed by atoms with Gasteiger partial charge >= 0.3 is 0 Å². The van der Waals surface area contributed by atoms with Crippen LogP contribution < -0.4 is 0 Å². The van der Waals surface area contributed by atoms with Crippen LogP contribution in [0.2, 0.25) is 0 Å². The first-order chi connectivity index (χ1) is 7.35. The Morgan fingerprint density at radius 2 is 1.47 bits per heavy atom. The van der Waals surface area contributed by atoms with Crippen LogP contribution in [0, 0.1) is 0 Å². The van der Waals surface area contributed by atoms with Crippen molar-refractivity contribution < 1.29 is 0 Å². The topological polar surface area (TPSA) is 30.7 Å². The molecular formula is C10H9I2N3. The predicted molar refractivity (Wildman–Crippen MR) is 76.8 cm³/mol. The average Bonchev–Trinajstić information content (AvgIpc) is 2.73. The van der Waals surface area contributed by atoms with Crippen LogP contribution in [0.4, 0.5) is 0 Å². The Hall–Kier alpha value is -0.180. The highest BCUT2D eigenvalue weighted by Gasteiger charge is 2.08. The summed E-state index contributed by atoms with van der Waals surface area (Å²) in [7, 11) is 0. The van der Waals surface area contributed by atoms with Crippen LogP contribution in [0.15, 0.2) is 30.3 Å². The third-order valence-corrected chi connectivity index (χ3v) is 3.45. The molecule has 0 unspecified atom stereocenters. The van der Waals surface area contributed by atoms with E-state index in [9.17, 15) is 0 Å². The molecule has 3 nitrogen and oxygen atoms in total. The summed E-state index contributed by atoms with van der Waals surface area (Å²) in [5, 5.41) is 8.93. The van der Waals surface area contributed by atoms with Crippen LogP contribution >= 0.6 is 45.2 Å². The number of aromatic nitrogens is 3. The third-order valence-electron chi connectivity index (χ3n) is 2.00. The third kappa shape index (κ3) is 2.49. The van der Waals surface area contributed by atoms with Gasteiger partial charge in [0.05, 0.1) is 17.1 Å². The maximum absolute atomic E-state index is 4.46. The van der Waals surface area contributed by atoms with Gasteiger partial charge in [0.15, 0.2) is 0 Å². The molecule has 1 aromatic carbocycles. The number of nitrogens with zero attached hydrogens (tertiary/aromatic N) is 3. The van der Waals surface area contributed by atoms with E-state index in [1.807, 2.05) is 30.3 Å². The van der Waals surface area contributed by atoms with Crippen molar-refractivity contribution in [2.75, 3.05) is 0 Å². The lowest BCUT2D eigenvalue weighted by atomic mass is 10.3. The first-order valence-electron chi connectivity index (χ1n) is 4.47. The maximum atomic E-state index is 4.46. The van der Waals surface area contributed by atoms with Crippen LogP contribution in [-0.2, 0) is 8.86 Å². The van der Waals surface area contributed by atoms with Crippen molar-refractivity contribution in [1.82, 2.24) is 15.0 Å². The van der Waals surface area contributed by atoms with Crippen LogP contribution in [0.5, 0.6) is 0 Å². The highest BCUT2D eigenvalue weighted by molar-refractivity contribution is 14.1. The van der Waals surface area contributed by atoms with E-state index in [4.69, 9.17) is 0 Å². The largest absolute Gasteiger partial charge is 0.152 e. The van der Waals surface area contributed by atoms with Gasteiger partial charge in [-0.2, -0.15) is 15.0 Å². The summed E-state index contributed by atoms with van der Waals surface area (Å²) < 4.78 is 1.81. The zero-order valence-corrected chi connectivity index (χ0v) is 12.2. The summed E-state index contributed by atoms with van der Waals surface area (Å²) in [6, 6.07) is 9.99. The fraction of sp³-hybridized carbons (Fsp3) is 0.200. The summed E-state index contributed by atoms with van der Waals surface area (Å²) >= 11 is 4.63. The van der Waals surface area contributed by atoms with Gasteiger partial charge in [0.2, 0.25) is 0 Å². The molecule has 0 atom stereocenters. The van der Waals surface area contributed by atoms with E-state index in [1.165, 1.54) is 0 Å². The molecule has 0 amide bonds. The summed E-state index contributed by atoms with van der Waals surface area (Å²) in [6.07, 6.45) is 0. The SMILES string of the molecule is ICc1nn(-c2ccccc2)nc1CI. The van der Waals surface area contributed by atoms with E-state index in [0.717, 1.165) is 25.9 Å². The van der Waals surface area contributed by atoms with Gasteiger partial charge in [-0.3, -0.25) is 0 Å². The molecule has 0 aliphatic heterocycles. The van der Waals surface area contributed by atoms with Crippen molar-refractivity contribution in [3.63, 3.8) is 0 Å². The molecule has 0 aliphatic carbocycles. The lowest BCUT2D eigenvalue weighted by Gasteiger charge is -1.96. The molecule has 0 N–H and O–H groups in total. The fourth-order valence-electron chi connectivity index (χ4n) is 1.25. The Balaban J connectivity index is 2.42. The van der Waals surface area contributed by atoms with Crippen LogP contribution in [0.1, 0.15) is 11.4 Å². The molecule has 2 rings (SSSR count). The van der Waals surface area contributed by atoms with E-state index in [0.29, 0.717) is 0 Å². The normalized spacial score (nSPS) is 10.5. The molecule has 0 fully saturated rings. The number of benzene rings is 1. The molecule has 5 heteroatoms. The van der Waals surface area contributed by atoms with Gasteiger partial charge in [-0.05, 0) is 12.1 Å². The van der Waals surface area contributed by atoms with Crippen molar-refractivity contribution in [3.05, 3.63) is 41.7 Å². The lowest BCUT2D eigenvalue weighted by molar-refractivity contribution is 0.740. The molecule has 78 valence electrons. The van der Waals surface area contributed by atoms with E-state index >= 15 is 0 Å². The lowest BCUT2D eigenvalue weighted by Crippen LogP contribution is -1.98. The van der Waals surface area contributed by atoms with Gasteiger partial charge in [-0.1, -0.05) is 63.4 Å². The van der Waals surface area contributed by atoms with Crippen LogP contribution in [-0.4, -0.2) is 15.0 Å². The minimum Gasteiger partial charge on any atom is -0.152 e. The van der Waals surface area contributed by atoms with Crippen LogP contribution in [0.3, 0.4) is 0 Å². The van der Waals surface area contributed by atoms with Gasteiger partial charge in [-0.15, -0.1) is 0 Å². The summed E-state index contributed by atoms with van der Waals surface area (Å²) in [4.78, 5) is 1.71. The smallest absolute Gasteiger partial charge is 0.0969 e. The van der Waals surface area contributed by atoms with Gasteiger partial charge in [0, 0.05) is 8.86 Å². The molecule has 1 heterocycles. The Bertz CT molecular complexity index is 418. The van der Waals surface area contributed by atoms with Crippen molar-refractivity contribution >= 4 is 45.2 Å². The summed E-state index contributed by atoms with van der Waals surface area (Å²) in [5.41, 5.74) is 3.17. The molecule has 0 radical (unpaired) electrons. The number of hydrogen-bond acceptors (Lipinski definition) is 2. The van der Waals surface area contributed by atoms with Crippen molar-refractivity contribution in [2.45, 2.75) is 8.86 Å². The van der Waals surface area contributed by atoms with Crippen molar-refractivity contribution in [2.24, 2.45) is 0 Å². The number of halogens is 2. The average molecular weight is 425 g/mol. The van der Waals surface area contributed by atoms with Crippen molar-refractivity contribution in [1.29, 1.82) is 0 Å². The Morgan fingerprint density at radius 3 is 1.93 bits per heavy atom. The first kappa shape index (κ1) is 11.3. The first-order valence-corrected chi connectivity index (χ1v) is 7.52. The monoisotopic (exact) mass is 425 g/mol. The number of para-hydroxylation sites is 1. The molecule has 0 saturated heterocycles. The van der Waals surface area contributed by atoms with Gasteiger partial charge < -0.3 is 0 Å². The number of alkyl halides is 2. The Morgan fingerprint density at radius 1 is 0.933 bits per heavy atom. The van der Waals surface area contributed by atoms with Crippen LogP contribution in [0.25, 0.3) is 5.69 Å². The molecule has 0 saturated carbocycles. The van der Waals surface area contributed by atoms with E-state index in [2.05, 4.69) is 55.4 Å². The molecule has 15 heavy (non-hydrogen) atoms. The zero-order valence-electron chi connectivity index (χ0n) is 7.90. The quantitative estimate of drug-likeness (QED) is 0.559. The minimum atomic E-state index is 0.906. The van der Waals surface area contributed by atoms with Gasteiger partial charge in [-0.25, -0.2) is 0 Å². The van der Waals surface area contributed by atoms with E-state index in [1.54, 1.807) is 4.80 Å². The molecule has 2 aromatic rings. The van der Waals surface area contributed by atoms with Gasteiger partial charge in [0.25, 0.3) is 0 Å². The van der Waals surface area contributed by atoms with Gasteiger partial charge in [0.1, 0.15) is 0 Å². The Kier molecular flexibility index (Phi) is 3.95. The molecule has 0 bridgehead atoms. The highest BCUT2D eigenvalue weighted by atomic mass is 127. The number of hydrogen-bond donors (Lipinski definition) is 0. The molecule has 0 spiro atoms. The highest BCUT2D eigenvalue weighted by Crippen LogP contribution is 2.14. The predicted octanol–water partition coefficient (Wildman–Crippen LogP) is 3.14. The second kappa shape index (κ2) is 5.24. The second-order valence-corrected chi connectivity index (χ2v) is 4.51. The Labute approximate surface area is 116 Å². The molecule has 1 aromatic heterocycles. The fourth-order valence-corrected chi connectivity index (χ4v) is 2.44. The maximum Gasteiger partial charge on any atom is 0.0969 e. The molecular weight excluding hydrogens is 416 g/mol. The zero-order chi connectivity index (χ0) is 10.7. The van der Waals surface area contributed by atoms with E-state index < -0.39 is 0 Å². The summed E-state index contributed by atoms with van der Waals surface area (Å²) in [5.74, 6) is 0. The van der Waals surface area contributed by atoms with E-state index in [-0.39, 0.29) is 0 Å². The standard InChI is InChI=1S/C10H9I2N3/c11-6-9-10(7-12)14-15(13-9)8-4-2-1-3-5-8/h1-5H,6-7H2. The second-order valence-electron chi connectivity index (χ2n) is 2.99. The number of rotatable bonds is 3. The molecule has 0 aliphatic rings. The summed E-state index contributed by atoms with van der Waals surface area (Å²) in [6.45, 7) is 0. The van der Waals surface area contributed by atoms with Crippen molar-refractivity contribution in [3.8, 4) is 5.69 Å².